The van der Waals surface area contributed by atoms with E-state index >= 15 is 0 Å². The maximum atomic E-state index is 11.3. The molecule has 2 unspecified atom stereocenters. The van der Waals surface area contributed by atoms with Crippen molar-refractivity contribution in [3.8, 4) is 0 Å². The Kier molecular flexibility index (Phi) is 4.97. The van der Waals surface area contributed by atoms with Crippen molar-refractivity contribution in [3.05, 3.63) is 65.5 Å². The Morgan fingerprint density at radius 1 is 1.18 bits per heavy atom. The van der Waals surface area contributed by atoms with Crippen molar-refractivity contribution in [2.75, 3.05) is 0 Å². The molecule has 3 rings (SSSR count). The molecule has 0 radical (unpaired) electrons. The van der Waals surface area contributed by atoms with Crippen molar-refractivity contribution < 1.29 is 5.11 Å². The Bertz CT molecular complexity index is 616. The van der Waals surface area contributed by atoms with E-state index in [0.717, 1.165) is 18.5 Å². The normalized spacial score (nSPS) is 23.5. The molecule has 2 atom stereocenters. The number of fused-ring (bicyclic) bond motifs is 1. The Morgan fingerprint density at radius 3 is 2.77 bits per heavy atom. The van der Waals surface area contributed by atoms with Crippen LogP contribution in [0.25, 0.3) is 0 Å². The Morgan fingerprint density at radius 2 is 2.00 bits per heavy atom. The molecular formula is C19H23NOSe. The molecule has 0 aliphatic carbocycles. The Labute approximate surface area is 139 Å². The van der Waals surface area contributed by atoms with Crippen LogP contribution in [-0.4, -0.2) is 25.0 Å². The number of unbranched alkanes of at least 4 members (excludes halogenated alkanes) is 1. The molecule has 0 fully saturated rings. The van der Waals surface area contributed by atoms with Crippen LogP contribution < -0.4 is 0 Å². The molecule has 0 saturated heterocycles. The van der Waals surface area contributed by atoms with Gasteiger partial charge in [0.05, 0.1) is 0 Å². The van der Waals surface area contributed by atoms with Gasteiger partial charge >= 0.3 is 139 Å². The fourth-order valence-electron chi connectivity index (χ4n) is 3.14. The number of aryl methyl sites for hydroxylation is 1. The zero-order valence-corrected chi connectivity index (χ0v) is 14.7. The third-order valence-electron chi connectivity index (χ3n) is 4.33. The average Bonchev–Trinajstić information content (AvgIpc) is 2.86. The standard InChI is InChI=1S/C19H23NOSe/c1-2-3-11-18-16-9-4-5-10-17(16)19(21,22-18)13-12-15-8-6-7-14-20-15/h4-10,14,18,21H,2-3,11-13H2,1H3. The molecule has 1 aromatic carbocycles. The minimum atomic E-state index is -0.625. The van der Waals surface area contributed by atoms with Crippen molar-refractivity contribution in [2.45, 2.75) is 48.3 Å². The van der Waals surface area contributed by atoms with E-state index in [1.807, 2.05) is 24.4 Å². The summed E-state index contributed by atoms with van der Waals surface area (Å²) in [5.74, 6) is 0. The number of pyridine rings is 1. The van der Waals surface area contributed by atoms with E-state index in [1.165, 1.54) is 30.4 Å². The van der Waals surface area contributed by atoms with E-state index in [-0.39, 0.29) is 15.0 Å². The molecular weight excluding hydrogens is 337 g/mol. The summed E-state index contributed by atoms with van der Waals surface area (Å²) in [5, 5.41) is 11.3. The van der Waals surface area contributed by atoms with Crippen LogP contribution in [0.2, 0.25) is 0 Å². The fraction of sp³-hybridized carbons (Fsp3) is 0.421. The molecule has 2 heterocycles. The van der Waals surface area contributed by atoms with Gasteiger partial charge in [-0.05, 0) is 0 Å². The topological polar surface area (TPSA) is 33.1 Å². The van der Waals surface area contributed by atoms with Gasteiger partial charge in [0.2, 0.25) is 0 Å². The van der Waals surface area contributed by atoms with Gasteiger partial charge in [-0.1, -0.05) is 0 Å². The van der Waals surface area contributed by atoms with Crippen LogP contribution in [0.1, 0.15) is 54.2 Å². The number of aromatic nitrogens is 1. The van der Waals surface area contributed by atoms with Crippen LogP contribution in [0.5, 0.6) is 0 Å². The van der Waals surface area contributed by atoms with E-state index in [2.05, 4.69) is 36.2 Å². The second-order valence-electron chi connectivity index (χ2n) is 5.94. The molecule has 1 aliphatic heterocycles. The maximum absolute atomic E-state index is 11.3. The molecule has 1 N–H and O–H groups in total. The van der Waals surface area contributed by atoms with E-state index in [9.17, 15) is 5.11 Å². The predicted octanol–water partition coefficient (Wildman–Crippen LogP) is 3.81. The first-order valence-electron chi connectivity index (χ1n) is 8.12. The van der Waals surface area contributed by atoms with Crippen LogP contribution in [0.15, 0.2) is 48.7 Å². The summed E-state index contributed by atoms with van der Waals surface area (Å²) in [6, 6.07) is 14.5. The van der Waals surface area contributed by atoms with Gasteiger partial charge in [0.25, 0.3) is 0 Å². The van der Waals surface area contributed by atoms with Crippen LogP contribution in [-0.2, 0) is 10.9 Å². The van der Waals surface area contributed by atoms with Crippen molar-refractivity contribution in [3.63, 3.8) is 0 Å². The number of benzene rings is 1. The summed E-state index contributed by atoms with van der Waals surface area (Å²) < 4.78 is -0.625. The molecule has 0 spiro atoms. The molecule has 22 heavy (non-hydrogen) atoms. The van der Waals surface area contributed by atoms with Crippen molar-refractivity contribution >= 4 is 15.0 Å². The molecule has 3 heteroatoms. The van der Waals surface area contributed by atoms with E-state index in [0.29, 0.717) is 4.82 Å². The number of hydrogen-bond acceptors (Lipinski definition) is 2. The third kappa shape index (κ3) is 3.27. The zero-order valence-electron chi connectivity index (χ0n) is 13.0. The first-order chi connectivity index (χ1) is 10.7. The second-order valence-corrected chi connectivity index (χ2v) is 9.05. The third-order valence-corrected chi connectivity index (χ3v) is 7.66. The van der Waals surface area contributed by atoms with Crippen LogP contribution in [0, 0.1) is 0 Å². The van der Waals surface area contributed by atoms with Crippen molar-refractivity contribution in [2.24, 2.45) is 0 Å². The van der Waals surface area contributed by atoms with Crippen molar-refractivity contribution in [1.82, 2.24) is 4.98 Å². The van der Waals surface area contributed by atoms with Crippen molar-refractivity contribution in [1.29, 1.82) is 0 Å². The molecule has 1 aliphatic rings. The molecule has 0 saturated carbocycles. The first-order valence-corrected chi connectivity index (χ1v) is 9.97. The number of nitrogens with zero attached hydrogens (tertiary/aromatic N) is 1. The minimum absolute atomic E-state index is 0.209. The monoisotopic (exact) mass is 361 g/mol. The molecule has 2 aromatic rings. The van der Waals surface area contributed by atoms with Gasteiger partial charge in [-0.3, -0.25) is 0 Å². The molecule has 1 aromatic heterocycles. The van der Waals surface area contributed by atoms with Gasteiger partial charge in [-0.2, -0.15) is 0 Å². The summed E-state index contributed by atoms with van der Waals surface area (Å²) in [6.07, 6.45) is 7.13. The second kappa shape index (κ2) is 6.95. The Balaban J connectivity index is 1.78. The van der Waals surface area contributed by atoms with Crippen LogP contribution in [0.3, 0.4) is 0 Å². The van der Waals surface area contributed by atoms with Crippen LogP contribution >= 0.6 is 0 Å². The summed E-state index contributed by atoms with van der Waals surface area (Å²) >= 11 is 0.209. The predicted molar refractivity (Wildman–Crippen MR) is 90.9 cm³/mol. The van der Waals surface area contributed by atoms with Crippen LogP contribution in [0.4, 0.5) is 0 Å². The summed E-state index contributed by atoms with van der Waals surface area (Å²) in [6.45, 7) is 2.24. The summed E-state index contributed by atoms with van der Waals surface area (Å²) in [5.41, 5.74) is 3.63. The van der Waals surface area contributed by atoms with Gasteiger partial charge in [0, 0.05) is 0 Å². The summed E-state index contributed by atoms with van der Waals surface area (Å²) in [4.78, 5) is 4.96. The average molecular weight is 360 g/mol. The Hall–Kier alpha value is -1.15. The van der Waals surface area contributed by atoms with E-state index < -0.39 is 4.50 Å². The van der Waals surface area contributed by atoms with E-state index in [1.54, 1.807) is 0 Å². The first kappa shape index (κ1) is 15.7. The fourth-order valence-corrected chi connectivity index (χ4v) is 6.54. The number of hydrogen-bond donors (Lipinski definition) is 1. The van der Waals surface area contributed by atoms with E-state index in [4.69, 9.17) is 0 Å². The molecule has 116 valence electrons. The molecule has 0 amide bonds. The molecule has 0 bridgehead atoms. The quantitative estimate of drug-likeness (QED) is 0.795. The van der Waals surface area contributed by atoms with Gasteiger partial charge in [0.15, 0.2) is 0 Å². The number of rotatable bonds is 6. The summed E-state index contributed by atoms with van der Waals surface area (Å²) in [7, 11) is 0. The van der Waals surface area contributed by atoms with Gasteiger partial charge < -0.3 is 0 Å². The SMILES string of the molecule is CCCCC1[Se]C(O)(CCc2ccccn2)c2ccccc21. The molecule has 2 nitrogen and oxygen atoms in total. The number of aliphatic hydroxyl groups is 1. The van der Waals surface area contributed by atoms with Gasteiger partial charge in [0.1, 0.15) is 0 Å². The van der Waals surface area contributed by atoms with Gasteiger partial charge in [-0.25, -0.2) is 0 Å². The zero-order chi connectivity index (χ0) is 15.4. The van der Waals surface area contributed by atoms with Gasteiger partial charge in [-0.15, -0.1) is 0 Å².